The minimum absolute atomic E-state index is 0.0123. The number of nitrogens with one attached hydrogen (secondary N) is 1. The predicted octanol–water partition coefficient (Wildman–Crippen LogP) is 7.20. The number of anilines is 1. The molecule has 174 valence electrons. The van der Waals surface area contributed by atoms with E-state index in [-0.39, 0.29) is 5.57 Å². The lowest BCUT2D eigenvalue weighted by molar-refractivity contribution is -0.112. The third-order valence-electron chi connectivity index (χ3n) is 6.19. The van der Waals surface area contributed by atoms with Gasteiger partial charge in [0, 0.05) is 11.3 Å². The zero-order valence-corrected chi connectivity index (χ0v) is 20.5. The first-order valence-electron chi connectivity index (χ1n) is 11.6. The molecule has 1 amide bonds. The van der Waals surface area contributed by atoms with Gasteiger partial charge in [0.15, 0.2) is 0 Å². The SMILES string of the molecule is Cc1ccc(C)c(NC(=O)/C(C#N)=C/c2c(OCc3ccc(C)c(C)c3)ccc3ccccc23)c1. The number of amides is 1. The van der Waals surface area contributed by atoms with Gasteiger partial charge in [-0.05, 0) is 84.5 Å². The molecule has 0 saturated carbocycles. The van der Waals surface area contributed by atoms with Gasteiger partial charge < -0.3 is 10.1 Å². The van der Waals surface area contributed by atoms with Crippen LogP contribution < -0.4 is 10.1 Å². The number of fused-ring (bicyclic) bond motifs is 1. The van der Waals surface area contributed by atoms with E-state index in [1.165, 1.54) is 11.1 Å². The summed E-state index contributed by atoms with van der Waals surface area (Å²) in [5.41, 5.74) is 6.88. The van der Waals surface area contributed by atoms with Crippen molar-refractivity contribution in [2.45, 2.75) is 34.3 Å². The Balaban J connectivity index is 1.71. The van der Waals surface area contributed by atoms with Crippen LogP contribution in [-0.4, -0.2) is 5.91 Å². The maximum absolute atomic E-state index is 13.1. The Labute approximate surface area is 206 Å². The van der Waals surface area contributed by atoms with Crippen molar-refractivity contribution in [3.8, 4) is 11.8 Å². The van der Waals surface area contributed by atoms with Crippen molar-refractivity contribution in [2.75, 3.05) is 5.32 Å². The highest BCUT2D eigenvalue weighted by atomic mass is 16.5. The summed E-state index contributed by atoms with van der Waals surface area (Å²) < 4.78 is 6.22. The van der Waals surface area contributed by atoms with Crippen LogP contribution in [0.5, 0.6) is 5.75 Å². The van der Waals surface area contributed by atoms with Crippen molar-refractivity contribution < 1.29 is 9.53 Å². The Morgan fingerprint density at radius 3 is 2.46 bits per heavy atom. The molecule has 35 heavy (non-hydrogen) atoms. The van der Waals surface area contributed by atoms with Gasteiger partial charge in [0.25, 0.3) is 5.91 Å². The van der Waals surface area contributed by atoms with Crippen molar-refractivity contribution in [3.05, 3.63) is 112 Å². The molecule has 4 aromatic carbocycles. The first-order valence-corrected chi connectivity index (χ1v) is 11.6. The molecule has 4 nitrogen and oxygen atoms in total. The number of carbonyl (C=O) groups excluding carboxylic acids is 1. The summed E-state index contributed by atoms with van der Waals surface area (Å²) in [6.45, 7) is 8.44. The van der Waals surface area contributed by atoms with Gasteiger partial charge in [-0.25, -0.2) is 0 Å². The highest BCUT2D eigenvalue weighted by Crippen LogP contribution is 2.31. The third-order valence-corrected chi connectivity index (χ3v) is 6.19. The second-order valence-electron chi connectivity index (χ2n) is 8.85. The third kappa shape index (κ3) is 5.42. The maximum atomic E-state index is 13.1. The normalized spacial score (nSPS) is 11.2. The number of hydrogen-bond acceptors (Lipinski definition) is 3. The molecule has 4 aromatic rings. The molecule has 0 aliphatic rings. The zero-order chi connectivity index (χ0) is 24.9. The fraction of sp³-hybridized carbons (Fsp3) is 0.161. The van der Waals surface area contributed by atoms with Gasteiger partial charge in [-0.1, -0.05) is 60.7 Å². The lowest BCUT2D eigenvalue weighted by atomic mass is 10.0. The molecule has 0 saturated heterocycles. The first kappa shape index (κ1) is 23.8. The van der Waals surface area contributed by atoms with E-state index >= 15 is 0 Å². The monoisotopic (exact) mass is 460 g/mol. The summed E-state index contributed by atoms with van der Waals surface area (Å²) in [5, 5.41) is 14.7. The van der Waals surface area contributed by atoms with Crippen LogP contribution in [0.2, 0.25) is 0 Å². The summed E-state index contributed by atoms with van der Waals surface area (Å²) in [5.74, 6) is 0.170. The summed E-state index contributed by atoms with van der Waals surface area (Å²) >= 11 is 0. The Hall–Kier alpha value is -4.36. The molecule has 0 atom stereocenters. The number of aryl methyl sites for hydroxylation is 4. The second-order valence-corrected chi connectivity index (χ2v) is 8.85. The molecule has 0 aromatic heterocycles. The standard InChI is InChI=1S/C31H28N2O2/c1-20-9-10-22(3)29(15-20)33-31(34)26(18-32)17-28-27-8-6-5-7-25(27)13-14-30(28)35-19-24-12-11-21(2)23(4)16-24/h5-17H,19H2,1-4H3,(H,33,34)/b26-17+. The lowest BCUT2D eigenvalue weighted by Gasteiger charge is -2.14. The van der Waals surface area contributed by atoms with Crippen molar-refractivity contribution in [1.82, 2.24) is 0 Å². The van der Waals surface area contributed by atoms with Gasteiger partial charge in [0.2, 0.25) is 0 Å². The number of rotatable bonds is 6. The fourth-order valence-corrected chi connectivity index (χ4v) is 3.96. The lowest BCUT2D eigenvalue weighted by Crippen LogP contribution is -2.14. The van der Waals surface area contributed by atoms with E-state index < -0.39 is 5.91 Å². The van der Waals surface area contributed by atoms with Gasteiger partial charge >= 0.3 is 0 Å². The quantitative estimate of drug-likeness (QED) is 0.244. The molecule has 0 spiro atoms. The van der Waals surface area contributed by atoms with Crippen LogP contribution in [0.25, 0.3) is 16.8 Å². The number of ether oxygens (including phenoxy) is 1. The summed E-state index contributed by atoms with van der Waals surface area (Å²) in [7, 11) is 0. The van der Waals surface area contributed by atoms with Crippen LogP contribution in [0.15, 0.2) is 78.4 Å². The summed E-state index contributed by atoms with van der Waals surface area (Å²) in [6.07, 6.45) is 1.62. The van der Waals surface area contributed by atoms with E-state index in [4.69, 9.17) is 4.74 Å². The fourth-order valence-electron chi connectivity index (χ4n) is 3.96. The smallest absolute Gasteiger partial charge is 0.266 e. The molecule has 4 rings (SSSR count). The molecule has 4 heteroatoms. The van der Waals surface area contributed by atoms with E-state index in [2.05, 4.69) is 43.4 Å². The van der Waals surface area contributed by atoms with E-state index in [1.807, 2.05) is 68.4 Å². The molecule has 0 aliphatic carbocycles. The van der Waals surface area contributed by atoms with Gasteiger partial charge in [0.05, 0.1) is 0 Å². The second kappa shape index (κ2) is 10.3. The van der Waals surface area contributed by atoms with Crippen molar-refractivity contribution >= 4 is 28.4 Å². The molecule has 0 heterocycles. The van der Waals surface area contributed by atoms with Crippen molar-refractivity contribution in [1.29, 1.82) is 5.26 Å². The minimum Gasteiger partial charge on any atom is -0.488 e. The Morgan fingerprint density at radius 1 is 0.914 bits per heavy atom. The van der Waals surface area contributed by atoms with Crippen LogP contribution >= 0.6 is 0 Å². The molecule has 0 radical (unpaired) electrons. The topological polar surface area (TPSA) is 62.1 Å². The number of nitrogens with zero attached hydrogens (tertiary/aromatic N) is 1. The van der Waals surface area contributed by atoms with Crippen LogP contribution in [0.4, 0.5) is 5.69 Å². The van der Waals surface area contributed by atoms with Crippen molar-refractivity contribution in [3.63, 3.8) is 0 Å². The highest BCUT2D eigenvalue weighted by molar-refractivity contribution is 6.11. The van der Waals surface area contributed by atoms with Gasteiger partial charge in [-0.3, -0.25) is 4.79 Å². The van der Waals surface area contributed by atoms with E-state index in [1.54, 1.807) is 6.08 Å². The molecular formula is C31H28N2O2. The first-order chi connectivity index (χ1) is 16.9. The van der Waals surface area contributed by atoms with Crippen molar-refractivity contribution in [2.24, 2.45) is 0 Å². The Morgan fingerprint density at radius 2 is 1.69 bits per heavy atom. The van der Waals surface area contributed by atoms with E-state index in [0.29, 0.717) is 23.6 Å². The van der Waals surface area contributed by atoms with Crippen LogP contribution in [0.3, 0.4) is 0 Å². The average Bonchev–Trinajstić information content (AvgIpc) is 2.85. The number of benzene rings is 4. The molecule has 0 bridgehead atoms. The number of hydrogen-bond donors (Lipinski definition) is 1. The molecule has 0 aliphatic heterocycles. The minimum atomic E-state index is -0.450. The zero-order valence-electron chi connectivity index (χ0n) is 20.5. The average molecular weight is 461 g/mol. The van der Waals surface area contributed by atoms with Gasteiger partial charge in [-0.2, -0.15) is 5.26 Å². The van der Waals surface area contributed by atoms with E-state index in [9.17, 15) is 10.1 Å². The maximum Gasteiger partial charge on any atom is 0.266 e. The highest BCUT2D eigenvalue weighted by Gasteiger charge is 2.15. The summed E-state index contributed by atoms with van der Waals surface area (Å²) in [6, 6.07) is 25.9. The Kier molecular flexibility index (Phi) is 6.98. The van der Waals surface area contributed by atoms with Crippen LogP contribution in [-0.2, 0) is 11.4 Å². The molecular weight excluding hydrogens is 432 g/mol. The van der Waals surface area contributed by atoms with Crippen LogP contribution in [0, 0.1) is 39.0 Å². The molecule has 1 N–H and O–H groups in total. The Bertz CT molecular complexity index is 1490. The van der Waals surface area contributed by atoms with E-state index in [0.717, 1.165) is 27.5 Å². The summed E-state index contributed by atoms with van der Waals surface area (Å²) in [4.78, 5) is 13.1. The molecule has 0 fully saturated rings. The number of carbonyl (C=O) groups is 1. The molecule has 0 unspecified atom stereocenters. The predicted molar refractivity (Wildman–Crippen MR) is 142 cm³/mol. The van der Waals surface area contributed by atoms with Gasteiger partial charge in [0.1, 0.15) is 24.0 Å². The number of nitriles is 1. The van der Waals surface area contributed by atoms with Crippen LogP contribution in [0.1, 0.15) is 33.4 Å². The largest absolute Gasteiger partial charge is 0.488 e. The van der Waals surface area contributed by atoms with Gasteiger partial charge in [-0.15, -0.1) is 0 Å².